The zero-order valence-electron chi connectivity index (χ0n) is 16.4. The van der Waals surface area contributed by atoms with Crippen molar-refractivity contribution in [3.63, 3.8) is 0 Å². The predicted octanol–water partition coefficient (Wildman–Crippen LogP) is 3.26. The van der Waals surface area contributed by atoms with Gasteiger partial charge in [-0.15, -0.1) is 0 Å². The van der Waals surface area contributed by atoms with Gasteiger partial charge in [-0.2, -0.15) is 9.47 Å². The lowest BCUT2D eigenvalue weighted by molar-refractivity contribution is 0.0897. The first-order chi connectivity index (χ1) is 15.2. The Balaban J connectivity index is 1.63. The first-order valence-electron chi connectivity index (χ1n) is 9.34. The molecule has 0 fully saturated rings. The van der Waals surface area contributed by atoms with E-state index >= 15 is 0 Å². The number of aryl methyl sites for hydroxylation is 1. The summed E-state index contributed by atoms with van der Waals surface area (Å²) in [5.74, 6) is 1.61. The number of aromatic nitrogens is 6. The third kappa shape index (κ3) is 5.17. The minimum absolute atomic E-state index is 0.142. The number of nitrogens with zero attached hydrogens (tertiary/aromatic N) is 6. The highest BCUT2D eigenvalue weighted by molar-refractivity contribution is 7.99. The predicted molar refractivity (Wildman–Crippen MR) is 116 cm³/mol. The molecule has 10 nitrogen and oxygen atoms in total. The third-order valence-electron chi connectivity index (χ3n) is 4.02. The number of hydrogen-bond donors (Lipinski definition) is 3. The highest BCUT2D eigenvalue weighted by atomic mass is 32.2. The SMILES string of the molecule is CCn1nccc1Oc1cc(Sc2ccccn2)cnc1Nc1nc([C@H](O)CO)ns1. The lowest BCUT2D eigenvalue weighted by atomic mass is 10.4. The Labute approximate surface area is 186 Å². The molecule has 4 aromatic heterocycles. The molecule has 160 valence electrons. The zero-order chi connectivity index (χ0) is 21.6. The van der Waals surface area contributed by atoms with Crippen molar-refractivity contribution < 1.29 is 14.9 Å². The smallest absolute Gasteiger partial charge is 0.217 e. The van der Waals surface area contributed by atoms with E-state index in [0.717, 1.165) is 21.5 Å². The van der Waals surface area contributed by atoms with Gasteiger partial charge in [-0.1, -0.05) is 17.8 Å². The van der Waals surface area contributed by atoms with Crippen LogP contribution < -0.4 is 10.1 Å². The Bertz CT molecular complexity index is 1140. The molecule has 0 saturated heterocycles. The molecule has 0 aromatic carbocycles. The Hall–Kier alpha value is -3.06. The van der Waals surface area contributed by atoms with Gasteiger partial charge in [0.2, 0.25) is 11.0 Å². The molecule has 12 heteroatoms. The van der Waals surface area contributed by atoms with E-state index in [1.54, 1.807) is 29.3 Å². The lowest BCUT2D eigenvalue weighted by Gasteiger charge is -2.12. The van der Waals surface area contributed by atoms with Gasteiger partial charge < -0.3 is 20.3 Å². The topological polar surface area (TPSA) is 131 Å². The summed E-state index contributed by atoms with van der Waals surface area (Å²) >= 11 is 2.51. The summed E-state index contributed by atoms with van der Waals surface area (Å²) in [5.41, 5.74) is 0. The van der Waals surface area contributed by atoms with Crippen molar-refractivity contribution >= 4 is 34.2 Å². The van der Waals surface area contributed by atoms with E-state index in [0.29, 0.717) is 29.1 Å². The van der Waals surface area contributed by atoms with Crippen molar-refractivity contribution in [2.24, 2.45) is 0 Å². The van der Waals surface area contributed by atoms with Crippen LogP contribution in [0.2, 0.25) is 0 Å². The largest absolute Gasteiger partial charge is 0.435 e. The molecule has 3 N–H and O–H groups in total. The highest BCUT2D eigenvalue weighted by Crippen LogP contribution is 2.36. The van der Waals surface area contributed by atoms with Gasteiger partial charge in [0.25, 0.3) is 0 Å². The average Bonchev–Trinajstić information content (AvgIpc) is 3.45. The Kier molecular flexibility index (Phi) is 6.72. The molecule has 0 aliphatic rings. The Morgan fingerprint density at radius 1 is 1.26 bits per heavy atom. The van der Waals surface area contributed by atoms with Crippen LogP contribution in [-0.4, -0.2) is 45.9 Å². The fraction of sp³-hybridized carbons (Fsp3) is 0.211. The zero-order valence-corrected chi connectivity index (χ0v) is 18.0. The average molecular weight is 458 g/mol. The lowest BCUT2D eigenvalue weighted by Crippen LogP contribution is -2.05. The maximum Gasteiger partial charge on any atom is 0.217 e. The Morgan fingerprint density at radius 3 is 2.94 bits per heavy atom. The first kappa shape index (κ1) is 21.2. The van der Waals surface area contributed by atoms with Gasteiger partial charge in [0.15, 0.2) is 17.4 Å². The summed E-state index contributed by atoms with van der Waals surface area (Å²) in [7, 11) is 0. The molecule has 4 aromatic rings. The molecular formula is C19H19N7O3S2. The Morgan fingerprint density at radius 2 is 2.16 bits per heavy atom. The highest BCUT2D eigenvalue weighted by Gasteiger charge is 2.16. The van der Waals surface area contributed by atoms with Gasteiger partial charge in [-0.25, -0.2) is 19.6 Å². The second-order valence-corrected chi connectivity index (χ2v) is 8.00. The van der Waals surface area contributed by atoms with E-state index in [4.69, 9.17) is 9.84 Å². The minimum Gasteiger partial charge on any atom is -0.435 e. The maximum atomic E-state index is 9.71. The number of pyridine rings is 2. The molecule has 4 rings (SSSR count). The van der Waals surface area contributed by atoms with Crippen LogP contribution in [0.1, 0.15) is 18.9 Å². The van der Waals surface area contributed by atoms with Gasteiger partial charge in [0, 0.05) is 47.5 Å². The molecule has 4 heterocycles. The summed E-state index contributed by atoms with van der Waals surface area (Å²) in [6.07, 6.45) is 3.97. The molecule has 31 heavy (non-hydrogen) atoms. The fourth-order valence-electron chi connectivity index (χ4n) is 2.54. The van der Waals surface area contributed by atoms with Crippen molar-refractivity contribution in [1.29, 1.82) is 0 Å². The van der Waals surface area contributed by atoms with Gasteiger partial charge in [-0.3, -0.25) is 0 Å². The van der Waals surface area contributed by atoms with E-state index in [1.807, 2.05) is 31.2 Å². The molecule has 0 aliphatic carbocycles. The normalized spacial score (nSPS) is 12.0. The summed E-state index contributed by atoms with van der Waals surface area (Å²) in [4.78, 5) is 13.9. The van der Waals surface area contributed by atoms with Gasteiger partial charge >= 0.3 is 0 Å². The summed E-state index contributed by atoms with van der Waals surface area (Å²) in [5, 5.41) is 27.3. The van der Waals surface area contributed by atoms with E-state index < -0.39 is 12.7 Å². The molecule has 0 amide bonds. The van der Waals surface area contributed by atoms with Crippen molar-refractivity contribution in [3.8, 4) is 11.6 Å². The quantitative estimate of drug-likeness (QED) is 0.344. The monoisotopic (exact) mass is 457 g/mol. The van der Waals surface area contributed by atoms with E-state index in [1.165, 1.54) is 11.8 Å². The minimum atomic E-state index is -1.13. The van der Waals surface area contributed by atoms with Crippen molar-refractivity contribution in [1.82, 2.24) is 29.1 Å². The maximum absolute atomic E-state index is 9.71. The number of ether oxygens (including phenoxy) is 1. The van der Waals surface area contributed by atoms with E-state index in [2.05, 4.69) is 29.7 Å². The molecule has 0 unspecified atom stereocenters. The number of anilines is 2. The van der Waals surface area contributed by atoms with Crippen molar-refractivity contribution in [2.45, 2.75) is 29.5 Å². The van der Waals surface area contributed by atoms with Crippen molar-refractivity contribution in [2.75, 3.05) is 11.9 Å². The van der Waals surface area contributed by atoms with Crippen molar-refractivity contribution in [3.05, 3.63) is 54.7 Å². The standard InChI is InChI=1S/C19H19N7O3S2/c1-2-26-16(6-8-22-26)29-14-9-12(30-15-5-3-4-7-20-15)10-21-18(14)24-19-23-17(25-31-19)13(28)11-27/h3-10,13,27-28H,2,11H2,1H3,(H,21,23,24,25)/t13-/m1/s1. The molecular weight excluding hydrogens is 438 g/mol. The first-order valence-corrected chi connectivity index (χ1v) is 10.9. The molecule has 0 bridgehead atoms. The van der Waals surface area contributed by atoms with Crippen LogP contribution in [0, 0.1) is 0 Å². The molecule has 0 spiro atoms. The van der Waals surface area contributed by atoms with E-state index in [9.17, 15) is 5.11 Å². The molecule has 0 radical (unpaired) electrons. The van der Waals surface area contributed by atoms with Gasteiger partial charge in [0.05, 0.1) is 12.8 Å². The number of aliphatic hydroxyl groups is 2. The second kappa shape index (κ2) is 9.83. The fourth-order valence-corrected chi connectivity index (χ4v) is 3.94. The third-order valence-corrected chi connectivity index (χ3v) is 5.57. The number of hydrogen-bond acceptors (Lipinski definition) is 11. The van der Waals surface area contributed by atoms with Crippen LogP contribution in [0.5, 0.6) is 11.6 Å². The molecule has 1 atom stereocenters. The summed E-state index contributed by atoms with van der Waals surface area (Å²) < 4.78 is 11.9. The van der Waals surface area contributed by atoms with Gasteiger partial charge in [0.1, 0.15) is 11.1 Å². The van der Waals surface area contributed by atoms with Crippen LogP contribution in [0.25, 0.3) is 0 Å². The molecule has 0 saturated carbocycles. The van der Waals surface area contributed by atoms with Crippen LogP contribution in [-0.2, 0) is 6.54 Å². The van der Waals surface area contributed by atoms with Crippen LogP contribution in [0.3, 0.4) is 0 Å². The number of aliphatic hydroxyl groups excluding tert-OH is 2. The van der Waals surface area contributed by atoms with E-state index in [-0.39, 0.29) is 5.82 Å². The van der Waals surface area contributed by atoms with Crippen LogP contribution in [0.4, 0.5) is 10.9 Å². The van der Waals surface area contributed by atoms with Gasteiger partial charge in [-0.05, 0) is 19.1 Å². The van der Waals surface area contributed by atoms with Crippen LogP contribution in [0.15, 0.2) is 58.8 Å². The molecule has 0 aliphatic heterocycles. The second-order valence-electron chi connectivity index (χ2n) is 6.16. The summed E-state index contributed by atoms with van der Waals surface area (Å²) in [6, 6.07) is 9.32. The number of rotatable bonds is 9. The van der Waals surface area contributed by atoms with Crippen LogP contribution >= 0.6 is 23.3 Å². The number of nitrogens with one attached hydrogen (secondary N) is 1. The summed E-state index contributed by atoms with van der Waals surface area (Å²) in [6.45, 7) is 2.17.